The molecule has 2 aromatic carbocycles. The van der Waals surface area contributed by atoms with Gasteiger partial charge in [-0.3, -0.25) is 0 Å². The smallest absolute Gasteiger partial charge is 0.435 e. The van der Waals surface area contributed by atoms with Gasteiger partial charge in [0.05, 0.1) is 10.5 Å². The molecule has 0 aliphatic heterocycles. The lowest BCUT2D eigenvalue weighted by Gasteiger charge is -2.19. The van der Waals surface area contributed by atoms with Crippen LogP contribution in [0.4, 0.5) is 13.6 Å². The summed E-state index contributed by atoms with van der Waals surface area (Å²) in [5.74, 6) is -1.85. The summed E-state index contributed by atoms with van der Waals surface area (Å²) >= 11 is 6.34. The fraction of sp³-hybridized carbons (Fsp3) is 0.240. The topological polar surface area (TPSA) is 66.2 Å². The lowest BCUT2D eigenvalue weighted by Crippen LogP contribution is -2.27. The Bertz CT molecular complexity index is 1330. The van der Waals surface area contributed by atoms with Gasteiger partial charge in [0.15, 0.2) is 11.6 Å². The van der Waals surface area contributed by atoms with E-state index >= 15 is 0 Å². The molecule has 0 bridgehead atoms. The van der Waals surface area contributed by atoms with Crippen LogP contribution >= 0.6 is 11.6 Å². The van der Waals surface area contributed by atoms with Crippen LogP contribution in [0.2, 0.25) is 5.02 Å². The number of aromatic nitrogens is 3. The molecule has 4 aromatic rings. The number of benzene rings is 2. The van der Waals surface area contributed by atoms with Crippen molar-refractivity contribution in [1.82, 2.24) is 14.8 Å². The van der Waals surface area contributed by atoms with E-state index in [2.05, 4.69) is 10.1 Å². The summed E-state index contributed by atoms with van der Waals surface area (Å²) in [6.07, 6.45) is 0.726. The Morgan fingerprint density at radius 3 is 2.41 bits per heavy atom. The van der Waals surface area contributed by atoms with Gasteiger partial charge >= 0.3 is 6.09 Å². The third-order valence-electron chi connectivity index (χ3n) is 4.34. The minimum atomic E-state index is -0.885. The Labute approximate surface area is 201 Å². The summed E-state index contributed by atoms with van der Waals surface area (Å²) in [5, 5.41) is 5.37. The number of halogens is 3. The number of hydrogen-bond acceptors (Lipinski definition) is 5. The van der Waals surface area contributed by atoms with E-state index in [1.165, 1.54) is 12.3 Å². The molecule has 2 aromatic heterocycles. The van der Waals surface area contributed by atoms with Crippen molar-refractivity contribution in [2.75, 3.05) is 0 Å². The normalized spacial score (nSPS) is 11.1. The summed E-state index contributed by atoms with van der Waals surface area (Å²) < 4.78 is 39.2. The number of nitrogens with zero attached hydrogens (tertiary/aromatic N) is 3. The SMILES string of the molecule is CC.CC(C)(C)OC(=O)n1nc(-c2ccccc2Cl)c2cnc(Oc3ccc(F)cc3F)cc21. The molecule has 0 unspecified atom stereocenters. The van der Waals surface area contributed by atoms with Crippen molar-refractivity contribution >= 4 is 28.6 Å². The van der Waals surface area contributed by atoms with Crippen LogP contribution in [0.1, 0.15) is 34.6 Å². The Balaban J connectivity index is 0.00000158. The molecule has 0 atom stereocenters. The highest BCUT2D eigenvalue weighted by molar-refractivity contribution is 6.33. The number of ether oxygens (including phenoxy) is 2. The van der Waals surface area contributed by atoms with E-state index in [-0.39, 0.29) is 11.6 Å². The number of carbonyl (C=O) groups excluding carboxylic acids is 1. The third kappa shape index (κ3) is 5.51. The van der Waals surface area contributed by atoms with Crippen molar-refractivity contribution in [3.05, 3.63) is 71.4 Å². The first-order valence-electron chi connectivity index (χ1n) is 10.6. The van der Waals surface area contributed by atoms with Crippen LogP contribution in [-0.2, 0) is 4.74 Å². The van der Waals surface area contributed by atoms with Crippen LogP contribution in [0, 0.1) is 11.6 Å². The molecule has 0 spiro atoms. The maximum Gasteiger partial charge on any atom is 0.435 e. The standard InChI is InChI=1S/C23H18ClF2N3O3.C2H6/c1-23(2,3)32-22(30)29-18-11-20(31-19-9-8-13(25)10-17(19)26)27-12-15(18)21(28-29)14-6-4-5-7-16(14)24;1-2/h4-12H,1-3H3;1-2H3. The van der Waals surface area contributed by atoms with E-state index in [0.717, 1.165) is 16.8 Å². The molecule has 9 heteroatoms. The van der Waals surface area contributed by atoms with Gasteiger partial charge in [-0.2, -0.15) is 9.78 Å². The van der Waals surface area contributed by atoms with Gasteiger partial charge in [0.1, 0.15) is 17.1 Å². The van der Waals surface area contributed by atoms with Crippen molar-refractivity contribution in [3.63, 3.8) is 0 Å². The first-order valence-corrected chi connectivity index (χ1v) is 11.0. The largest absolute Gasteiger partial charge is 0.442 e. The van der Waals surface area contributed by atoms with Gasteiger partial charge in [0.2, 0.25) is 5.88 Å². The number of hydrogen-bond donors (Lipinski definition) is 0. The minimum Gasteiger partial charge on any atom is -0.442 e. The molecule has 0 saturated heterocycles. The molecule has 0 radical (unpaired) electrons. The first kappa shape index (κ1) is 25.1. The maximum absolute atomic E-state index is 14.0. The zero-order chi connectivity index (χ0) is 25.0. The Hall–Kier alpha value is -3.52. The molecule has 0 N–H and O–H groups in total. The van der Waals surface area contributed by atoms with E-state index in [9.17, 15) is 13.6 Å². The molecule has 34 heavy (non-hydrogen) atoms. The number of fused-ring (bicyclic) bond motifs is 1. The second kappa shape index (κ2) is 10.2. The molecule has 4 rings (SSSR count). The summed E-state index contributed by atoms with van der Waals surface area (Å²) in [6.45, 7) is 9.21. The molecular formula is C25H24ClF2N3O3. The lowest BCUT2D eigenvalue weighted by molar-refractivity contribution is 0.0523. The van der Waals surface area contributed by atoms with Gasteiger partial charge in [-0.1, -0.05) is 43.6 Å². The molecule has 0 aliphatic rings. The number of rotatable bonds is 3. The highest BCUT2D eigenvalue weighted by Crippen LogP contribution is 2.34. The van der Waals surface area contributed by atoms with Crippen molar-refractivity contribution in [3.8, 4) is 22.9 Å². The molecule has 178 valence electrons. The molecule has 6 nitrogen and oxygen atoms in total. The fourth-order valence-corrected chi connectivity index (χ4v) is 3.24. The summed E-state index contributed by atoms with van der Waals surface area (Å²) in [7, 11) is 0. The van der Waals surface area contributed by atoms with Crippen LogP contribution in [0.5, 0.6) is 11.6 Å². The molecule has 0 aliphatic carbocycles. The van der Waals surface area contributed by atoms with E-state index < -0.39 is 23.3 Å². The van der Waals surface area contributed by atoms with E-state index in [1.54, 1.807) is 45.0 Å². The average Bonchev–Trinajstić information content (AvgIpc) is 3.15. The Kier molecular flexibility index (Phi) is 7.51. The zero-order valence-electron chi connectivity index (χ0n) is 19.4. The maximum atomic E-state index is 14.0. The highest BCUT2D eigenvalue weighted by Gasteiger charge is 2.24. The predicted octanol–water partition coefficient (Wildman–Crippen LogP) is 7.63. The van der Waals surface area contributed by atoms with Crippen LogP contribution in [-0.4, -0.2) is 26.5 Å². The second-order valence-corrected chi connectivity index (χ2v) is 8.34. The van der Waals surface area contributed by atoms with Crippen molar-refractivity contribution in [1.29, 1.82) is 0 Å². The zero-order valence-corrected chi connectivity index (χ0v) is 20.2. The van der Waals surface area contributed by atoms with Crippen LogP contribution in [0.3, 0.4) is 0 Å². The lowest BCUT2D eigenvalue weighted by atomic mass is 10.1. The Morgan fingerprint density at radius 1 is 1.06 bits per heavy atom. The molecule has 2 heterocycles. The third-order valence-corrected chi connectivity index (χ3v) is 4.67. The Morgan fingerprint density at radius 2 is 1.76 bits per heavy atom. The molecule has 0 amide bonds. The van der Waals surface area contributed by atoms with Gasteiger partial charge in [-0.15, -0.1) is 0 Å². The quantitative estimate of drug-likeness (QED) is 0.297. The van der Waals surface area contributed by atoms with Gasteiger partial charge in [0.25, 0.3) is 0 Å². The van der Waals surface area contributed by atoms with Gasteiger partial charge in [-0.05, 0) is 39.0 Å². The van der Waals surface area contributed by atoms with Gasteiger partial charge < -0.3 is 9.47 Å². The van der Waals surface area contributed by atoms with Gasteiger partial charge in [-0.25, -0.2) is 18.6 Å². The molecular weight excluding hydrogens is 464 g/mol. The van der Waals surface area contributed by atoms with Crippen LogP contribution in [0.15, 0.2) is 54.7 Å². The molecule has 0 saturated carbocycles. The molecule has 0 fully saturated rings. The summed E-state index contributed by atoms with van der Waals surface area (Å²) in [4.78, 5) is 17.0. The number of pyridine rings is 1. The highest BCUT2D eigenvalue weighted by atomic mass is 35.5. The average molecular weight is 488 g/mol. The van der Waals surface area contributed by atoms with Crippen molar-refractivity contribution < 1.29 is 23.0 Å². The second-order valence-electron chi connectivity index (χ2n) is 7.94. The van der Waals surface area contributed by atoms with E-state index in [0.29, 0.717) is 33.2 Å². The van der Waals surface area contributed by atoms with E-state index in [1.807, 2.05) is 13.8 Å². The fourth-order valence-electron chi connectivity index (χ4n) is 3.01. The van der Waals surface area contributed by atoms with Crippen LogP contribution < -0.4 is 4.74 Å². The number of carbonyl (C=O) groups is 1. The summed E-state index contributed by atoms with van der Waals surface area (Å²) in [6, 6.07) is 11.4. The first-order chi connectivity index (χ1) is 16.1. The van der Waals surface area contributed by atoms with E-state index in [4.69, 9.17) is 21.1 Å². The van der Waals surface area contributed by atoms with Crippen LogP contribution in [0.25, 0.3) is 22.2 Å². The van der Waals surface area contributed by atoms with Gasteiger partial charge in [0, 0.05) is 29.3 Å². The monoisotopic (exact) mass is 487 g/mol. The minimum absolute atomic E-state index is 0.0153. The van der Waals surface area contributed by atoms with Crippen molar-refractivity contribution in [2.24, 2.45) is 0 Å². The predicted molar refractivity (Wildman–Crippen MR) is 127 cm³/mol. The van der Waals surface area contributed by atoms with Crippen molar-refractivity contribution in [2.45, 2.75) is 40.2 Å². The summed E-state index contributed by atoms with van der Waals surface area (Å²) in [5.41, 5.74) is 0.579.